The Balaban J connectivity index is -0.0000000817. The minimum absolute atomic E-state index is 0. The molecule has 0 N–H and O–H groups in total. The zero-order valence-electron chi connectivity index (χ0n) is 5.52. The van der Waals surface area contributed by atoms with Crippen molar-refractivity contribution in [2.45, 2.75) is 49.5 Å². The van der Waals surface area contributed by atoms with Gasteiger partial charge >= 0.3 is 0 Å². The van der Waals surface area contributed by atoms with E-state index in [0.29, 0.717) is 6.42 Å². The summed E-state index contributed by atoms with van der Waals surface area (Å²) in [5, 5.41) is 10.1. The van der Waals surface area contributed by atoms with Crippen LogP contribution >= 0.6 is 0 Å². The standard InChI is InChI=1S/C6H12O2.3CH4/c1-4-6(2,3)5(7)8;;;/h4H2,1-3H3,(H,7,8);3*1H4/p-1. The van der Waals surface area contributed by atoms with Gasteiger partial charge in [-0.05, 0) is 6.42 Å². The molecule has 0 aliphatic rings. The van der Waals surface area contributed by atoms with Crippen molar-refractivity contribution >= 4 is 5.97 Å². The summed E-state index contributed by atoms with van der Waals surface area (Å²) in [6.07, 6.45) is 0.620. The smallest absolute Gasteiger partial charge is 0.0470 e. The fourth-order valence-electron chi connectivity index (χ4n) is 0.144. The summed E-state index contributed by atoms with van der Waals surface area (Å²) < 4.78 is 0. The highest BCUT2D eigenvalue weighted by Crippen LogP contribution is 2.17. The molecule has 2 nitrogen and oxygen atoms in total. The van der Waals surface area contributed by atoms with E-state index in [2.05, 4.69) is 0 Å². The Labute approximate surface area is 71.6 Å². The summed E-state index contributed by atoms with van der Waals surface area (Å²) in [6.45, 7) is 5.14. The highest BCUT2D eigenvalue weighted by molar-refractivity contribution is 5.71. The van der Waals surface area contributed by atoms with Crippen molar-refractivity contribution in [1.82, 2.24) is 0 Å². The second-order valence-electron chi connectivity index (χ2n) is 2.52. The fourth-order valence-corrected chi connectivity index (χ4v) is 0.144. The third kappa shape index (κ3) is 7.37. The van der Waals surface area contributed by atoms with Crippen LogP contribution in [0.25, 0.3) is 0 Å². The van der Waals surface area contributed by atoms with Crippen molar-refractivity contribution < 1.29 is 9.90 Å². The quantitative estimate of drug-likeness (QED) is 0.625. The number of carbonyl (C=O) groups excluding carboxylic acids is 1. The van der Waals surface area contributed by atoms with Crippen molar-refractivity contribution in [3.05, 3.63) is 0 Å². The maximum absolute atomic E-state index is 10.1. The minimum atomic E-state index is -0.972. The molecule has 0 radical (unpaired) electrons. The van der Waals surface area contributed by atoms with Crippen LogP contribution in [0.2, 0.25) is 0 Å². The SMILES string of the molecule is C.C.C.CCC(C)(C)C(=O)[O-]. The topological polar surface area (TPSA) is 40.1 Å². The second kappa shape index (κ2) is 7.58. The fraction of sp³-hybridized carbons (Fsp3) is 0.889. The molecule has 0 aromatic rings. The van der Waals surface area contributed by atoms with E-state index >= 15 is 0 Å². The van der Waals surface area contributed by atoms with Gasteiger partial charge in [-0.1, -0.05) is 43.1 Å². The van der Waals surface area contributed by atoms with Crippen molar-refractivity contribution in [3.8, 4) is 0 Å². The number of hydrogen-bond acceptors (Lipinski definition) is 2. The predicted octanol–water partition coefficient (Wildman–Crippen LogP) is 2.08. The van der Waals surface area contributed by atoms with Gasteiger partial charge in [-0.15, -0.1) is 0 Å². The highest BCUT2D eigenvalue weighted by Gasteiger charge is 2.14. The third-order valence-corrected chi connectivity index (χ3v) is 1.44. The largest absolute Gasteiger partial charge is 0.550 e. The van der Waals surface area contributed by atoms with E-state index in [1.165, 1.54) is 0 Å². The molecular weight excluding hydrogens is 140 g/mol. The molecule has 0 fully saturated rings. The van der Waals surface area contributed by atoms with Crippen LogP contribution in [0.15, 0.2) is 0 Å². The normalized spacial score (nSPS) is 8.27. The maximum atomic E-state index is 10.1. The monoisotopic (exact) mass is 163 g/mol. The van der Waals surface area contributed by atoms with E-state index in [1.54, 1.807) is 13.8 Å². The van der Waals surface area contributed by atoms with Crippen LogP contribution in [-0.2, 0) is 4.79 Å². The average Bonchev–Trinajstić information content (AvgIpc) is 1.67. The van der Waals surface area contributed by atoms with Crippen LogP contribution in [0.1, 0.15) is 49.5 Å². The predicted molar refractivity (Wildman–Crippen MR) is 49.3 cm³/mol. The molecule has 0 amide bonds. The van der Waals surface area contributed by atoms with Crippen molar-refractivity contribution in [1.29, 1.82) is 0 Å². The van der Waals surface area contributed by atoms with E-state index in [1.807, 2.05) is 6.92 Å². The Morgan fingerprint density at radius 1 is 1.27 bits per heavy atom. The van der Waals surface area contributed by atoms with Gasteiger partial charge in [-0.3, -0.25) is 0 Å². The van der Waals surface area contributed by atoms with Gasteiger partial charge in [0.05, 0.1) is 0 Å². The van der Waals surface area contributed by atoms with Crippen LogP contribution in [0.3, 0.4) is 0 Å². The maximum Gasteiger partial charge on any atom is 0.0470 e. The lowest BCUT2D eigenvalue weighted by Gasteiger charge is -2.22. The summed E-state index contributed by atoms with van der Waals surface area (Å²) in [6, 6.07) is 0. The van der Waals surface area contributed by atoms with E-state index in [4.69, 9.17) is 0 Å². The Bertz CT molecular complexity index is 95.7. The Hall–Kier alpha value is -0.530. The molecule has 0 bridgehead atoms. The van der Waals surface area contributed by atoms with Crippen LogP contribution in [0.5, 0.6) is 0 Å². The molecule has 0 heterocycles. The summed E-state index contributed by atoms with van der Waals surface area (Å²) >= 11 is 0. The minimum Gasteiger partial charge on any atom is -0.550 e. The summed E-state index contributed by atoms with van der Waals surface area (Å²) in [5.41, 5.74) is -0.653. The van der Waals surface area contributed by atoms with Gasteiger partial charge in [0, 0.05) is 11.4 Å². The summed E-state index contributed by atoms with van der Waals surface area (Å²) in [7, 11) is 0. The molecule has 0 aromatic heterocycles. The van der Waals surface area contributed by atoms with Gasteiger partial charge in [0.2, 0.25) is 0 Å². The molecule has 0 unspecified atom stereocenters. The molecule has 0 atom stereocenters. The van der Waals surface area contributed by atoms with E-state index < -0.39 is 11.4 Å². The molecule has 0 aliphatic heterocycles. The van der Waals surface area contributed by atoms with Gasteiger partial charge in [0.15, 0.2) is 0 Å². The van der Waals surface area contributed by atoms with Crippen molar-refractivity contribution in [2.75, 3.05) is 0 Å². The summed E-state index contributed by atoms with van der Waals surface area (Å²) in [4.78, 5) is 10.1. The van der Waals surface area contributed by atoms with Gasteiger partial charge in [0.1, 0.15) is 0 Å². The van der Waals surface area contributed by atoms with Crippen LogP contribution < -0.4 is 5.11 Å². The molecule has 11 heavy (non-hydrogen) atoms. The lowest BCUT2D eigenvalue weighted by Crippen LogP contribution is -2.37. The average molecular weight is 163 g/mol. The molecule has 72 valence electrons. The van der Waals surface area contributed by atoms with Gasteiger partial charge in [-0.25, -0.2) is 0 Å². The lowest BCUT2D eigenvalue weighted by molar-refractivity contribution is -0.317. The van der Waals surface area contributed by atoms with E-state index in [-0.39, 0.29) is 22.3 Å². The van der Waals surface area contributed by atoms with Gasteiger partial charge in [-0.2, -0.15) is 0 Å². The number of carboxylic acid groups (broad SMARTS) is 1. The molecule has 0 aliphatic carbocycles. The first-order valence-electron chi connectivity index (χ1n) is 2.72. The van der Waals surface area contributed by atoms with Crippen LogP contribution in [0.4, 0.5) is 0 Å². The van der Waals surface area contributed by atoms with E-state index in [9.17, 15) is 9.90 Å². The second-order valence-corrected chi connectivity index (χ2v) is 2.52. The first-order chi connectivity index (χ1) is 3.50. The third-order valence-electron chi connectivity index (χ3n) is 1.44. The van der Waals surface area contributed by atoms with Crippen LogP contribution in [-0.4, -0.2) is 5.97 Å². The zero-order chi connectivity index (χ0) is 6.78. The molecule has 0 rings (SSSR count). The summed E-state index contributed by atoms with van der Waals surface area (Å²) in [5.74, 6) is -0.972. The first-order valence-corrected chi connectivity index (χ1v) is 2.72. The van der Waals surface area contributed by atoms with Gasteiger partial charge < -0.3 is 9.90 Å². The Morgan fingerprint density at radius 2 is 1.55 bits per heavy atom. The van der Waals surface area contributed by atoms with Crippen molar-refractivity contribution in [3.63, 3.8) is 0 Å². The Kier molecular flexibility index (Phi) is 15.4. The van der Waals surface area contributed by atoms with Gasteiger partial charge in [0.25, 0.3) is 0 Å². The molecule has 0 saturated heterocycles. The van der Waals surface area contributed by atoms with E-state index in [0.717, 1.165) is 0 Å². The number of hydrogen-bond donors (Lipinski definition) is 0. The zero-order valence-corrected chi connectivity index (χ0v) is 5.52. The molecule has 2 heteroatoms. The molecule has 0 saturated carbocycles. The first kappa shape index (κ1) is 22.4. The Morgan fingerprint density at radius 3 is 1.55 bits per heavy atom. The number of carbonyl (C=O) groups is 1. The lowest BCUT2D eigenvalue weighted by atomic mass is 9.91. The number of rotatable bonds is 2. The van der Waals surface area contributed by atoms with Crippen LogP contribution in [0, 0.1) is 5.41 Å². The molecular formula is C9H23O2-. The highest BCUT2D eigenvalue weighted by atomic mass is 16.4. The number of carboxylic acids is 1. The van der Waals surface area contributed by atoms with Crippen molar-refractivity contribution in [2.24, 2.45) is 5.41 Å². The molecule has 0 spiro atoms. The molecule has 0 aromatic carbocycles. The number of aliphatic carboxylic acids is 1.